The van der Waals surface area contributed by atoms with Crippen molar-refractivity contribution in [2.45, 2.75) is 86.9 Å². The molecule has 10 nitrogen and oxygen atoms in total. The zero-order valence-electron chi connectivity index (χ0n) is 26.4. The Morgan fingerprint density at radius 3 is 2.47 bits per heavy atom. The molecule has 0 aromatic heterocycles. The van der Waals surface area contributed by atoms with Crippen molar-refractivity contribution in [3.05, 3.63) is 65.7 Å². The lowest BCUT2D eigenvalue weighted by atomic mass is 9.78. The SMILES string of the molecule is CNCC1(c2ccc(S(=O)(=O)N(CC(C)C)CC(O)C(Cc3ccccc3)NC(=O)OC3C4COC5OC3CC5C4)cc2)CC1. The van der Waals surface area contributed by atoms with Crippen molar-refractivity contribution in [1.29, 1.82) is 0 Å². The maximum Gasteiger partial charge on any atom is 0.407 e. The van der Waals surface area contributed by atoms with Crippen LogP contribution in [-0.4, -0.2) is 87.9 Å². The molecule has 2 aliphatic heterocycles. The fourth-order valence-electron chi connectivity index (χ4n) is 7.38. The Morgan fingerprint density at radius 2 is 1.80 bits per heavy atom. The molecule has 7 atom stereocenters. The van der Waals surface area contributed by atoms with Crippen LogP contribution in [0, 0.1) is 17.8 Å². The van der Waals surface area contributed by atoms with Gasteiger partial charge in [0, 0.05) is 36.9 Å². The Hall–Kier alpha value is -2.54. The third-order valence-corrected chi connectivity index (χ3v) is 11.7. The van der Waals surface area contributed by atoms with Gasteiger partial charge in [0.2, 0.25) is 10.0 Å². The van der Waals surface area contributed by atoms with Crippen molar-refractivity contribution in [1.82, 2.24) is 14.9 Å². The Kier molecular flexibility index (Phi) is 9.57. The summed E-state index contributed by atoms with van der Waals surface area (Å²) in [7, 11) is -2.00. The molecule has 45 heavy (non-hydrogen) atoms. The predicted molar refractivity (Wildman–Crippen MR) is 169 cm³/mol. The molecule has 6 rings (SSSR count). The van der Waals surface area contributed by atoms with Crippen molar-refractivity contribution in [3.63, 3.8) is 0 Å². The molecule has 11 heteroatoms. The zero-order valence-corrected chi connectivity index (χ0v) is 27.2. The molecule has 2 aromatic carbocycles. The summed E-state index contributed by atoms with van der Waals surface area (Å²) in [6.07, 6.45) is 1.46. The van der Waals surface area contributed by atoms with Gasteiger partial charge in [0.15, 0.2) is 6.29 Å². The Balaban J connectivity index is 1.18. The second kappa shape index (κ2) is 13.3. The lowest BCUT2D eigenvalue weighted by molar-refractivity contribution is -0.153. The summed E-state index contributed by atoms with van der Waals surface area (Å²) >= 11 is 0. The van der Waals surface area contributed by atoms with Gasteiger partial charge in [0.1, 0.15) is 6.10 Å². The van der Waals surface area contributed by atoms with Gasteiger partial charge in [-0.15, -0.1) is 0 Å². The first-order valence-electron chi connectivity index (χ1n) is 16.3. The molecule has 2 aromatic rings. The average Bonchev–Trinajstić information content (AvgIpc) is 3.74. The van der Waals surface area contributed by atoms with Crippen LogP contribution in [0.2, 0.25) is 0 Å². The number of hydrogen-bond donors (Lipinski definition) is 3. The van der Waals surface area contributed by atoms with Gasteiger partial charge in [0.25, 0.3) is 0 Å². The summed E-state index contributed by atoms with van der Waals surface area (Å²) in [5, 5.41) is 17.8. The molecule has 4 fully saturated rings. The van der Waals surface area contributed by atoms with Gasteiger partial charge in [-0.1, -0.05) is 56.3 Å². The number of amides is 1. The Bertz CT molecular complexity index is 1410. The summed E-state index contributed by atoms with van der Waals surface area (Å²) in [6, 6.07) is 15.9. The summed E-state index contributed by atoms with van der Waals surface area (Å²) < 4.78 is 47.0. The molecule has 4 aliphatic rings. The number of rotatable bonds is 14. The minimum Gasteiger partial charge on any atom is -0.443 e. The van der Waals surface area contributed by atoms with Crippen molar-refractivity contribution in [3.8, 4) is 0 Å². The van der Waals surface area contributed by atoms with E-state index in [1.807, 2.05) is 63.4 Å². The van der Waals surface area contributed by atoms with Gasteiger partial charge in [-0.25, -0.2) is 13.2 Å². The summed E-state index contributed by atoms with van der Waals surface area (Å²) in [6.45, 7) is 5.27. The monoisotopic (exact) mass is 641 g/mol. The average molecular weight is 642 g/mol. The molecule has 246 valence electrons. The van der Waals surface area contributed by atoms with Crippen LogP contribution in [-0.2, 0) is 36.1 Å². The molecular weight excluding hydrogens is 594 g/mol. The quantitative estimate of drug-likeness (QED) is 0.287. The maximum atomic E-state index is 14.0. The number of sulfonamides is 1. The molecule has 3 bridgehead atoms. The molecular formula is C34H47N3O7S. The zero-order chi connectivity index (χ0) is 31.8. The highest BCUT2D eigenvalue weighted by atomic mass is 32.2. The number of alkyl carbamates (subject to hydrolysis) is 1. The van der Waals surface area contributed by atoms with E-state index < -0.39 is 34.4 Å². The van der Waals surface area contributed by atoms with Crippen LogP contribution in [0.25, 0.3) is 0 Å². The minimum absolute atomic E-state index is 0.0149. The number of ether oxygens (including phenoxy) is 3. The van der Waals surface area contributed by atoms with Gasteiger partial charge in [0.05, 0.1) is 29.8 Å². The van der Waals surface area contributed by atoms with E-state index in [0.29, 0.717) is 18.9 Å². The van der Waals surface area contributed by atoms with Crippen LogP contribution < -0.4 is 10.6 Å². The summed E-state index contributed by atoms with van der Waals surface area (Å²) in [4.78, 5) is 13.5. The van der Waals surface area contributed by atoms with Crippen LogP contribution in [0.4, 0.5) is 4.79 Å². The molecule has 2 saturated carbocycles. The van der Waals surface area contributed by atoms with E-state index in [1.54, 1.807) is 12.1 Å². The van der Waals surface area contributed by atoms with Crippen molar-refractivity contribution in [2.24, 2.45) is 17.8 Å². The lowest BCUT2D eigenvalue weighted by Gasteiger charge is -2.37. The van der Waals surface area contributed by atoms with Crippen LogP contribution >= 0.6 is 0 Å². The number of benzene rings is 2. The fourth-order valence-corrected chi connectivity index (χ4v) is 9.00. The highest BCUT2D eigenvalue weighted by molar-refractivity contribution is 7.89. The number of nitrogens with one attached hydrogen (secondary N) is 2. The van der Waals surface area contributed by atoms with Gasteiger partial charge in [-0.3, -0.25) is 0 Å². The second-order valence-corrected chi connectivity index (χ2v) is 15.7. The number of aliphatic hydroxyl groups excluding tert-OH is 1. The standard InChI is InChI=1S/C34H47N3O7S/c1-22(2)18-37(45(40,41)27-11-9-26(10-12-27)34(13-14-34)21-35-3)19-29(38)28(15-23-7-5-4-6-8-23)36-33(39)44-31-25-16-24-17-30(31)43-32(24)42-20-25/h4-12,22,24-25,28-32,35,38H,13-21H2,1-3H3,(H,36,39). The van der Waals surface area contributed by atoms with E-state index >= 15 is 0 Å². The molecule has 2 aliphatic carbocycles. The highest BCUT2D eigenvalue weighted by Crippen LogP contribution is 2.48. The lowest BCUT2D eigenvalue weighted by Crippen LogP contribution is -2.53. The minimum atomic E-state index is -3.93. The number of fused-ring (bicyclic) bond motifs is 2. The Labute approximate surface area is 266 Å². The molecule has 0 radical (unpaired) electrons. The first kappa shape index (κ1) is 32.4. The summed E-state index contributed by atoms with van der Waals surface area (Å²) in [5.74, 6) is 0.431. The van der Waals surface area contributed by atoms with Gasteiger partial charge in [-0.05, 0) is 68.3 Å². The van der Waals surface area contributed by atoms with E-state index in [4.69, 9.17) is 14.2 Å². The van der Waals surface area contributed by atoms with Crippen LogP contribution in [0.5, 0.6) is 0 Å². The van der Waals surface area contributed by atoms with E-state index in [1.165, 1.54) is 4.31 Å². The number of hydrogen-bond acceptors (Lipinski definition) is 8. The number of carbonyl (C=O) groups is 1. The normalized spacial score (nSPS) is 27.8. The van der Waals surface area contributed by atoms with Crippen molar-refractivity contribution < 1.29 is 32.5 Å². The van der Waals surface area contributed by atoms with E-state index in [-0.39, 0.29) is 47.6 Å². The fraction of sp³-hybridized carbons (Fsp3) is 0.618. The number of carbonyl (C=O) groups excluding carboxylic acids is 1. The largest absolute Gasteiger partial charge is 0.443 e. The van der Waals surface area contributed by atoms with Crippen LogP contribution in [0.3, 0.4) is 0 Å². The van der Waals surface area contributed by atoms with Crippen LogP contribution in [0.1, 0.15) is 50.7 Å². The molecule has 1 amide bonds. The third-order valence-electron chi connectivity index (χ3n) is 9.88. The van der Waals surface area contributed by atoms with Gasteiger partial charge in [-0.2, -0.15) is 4.31 Å². The predicted octanol–water partition coefficient (Wildman–Crippen LogP) is 3.43. The third kappa shape index (κ3) is 7.08. The highest BCUT2D eigenvalue weighted by Gasteiger charge is 2.53. The van der Waals surface area contributed by atoms with Crippen molar-refractivity contribution in [2.75, 3.05) is 33.3 Å². The Morgan fingerprint density at radius 1 is 1.07 bits per heavy atom. The van der Waals surface area contributed by atoms with Gasteiger partial charge >= 0.3 is 6.09 Å². The number of aliphatic hydroxyl groups is 1. The molecule has 3 N–H and O–H groups in total. The van der Waals surface area contributed by atoms with E-state index in [0.717, 1.165) is 43.4 Å². The molecule has 2 heterocycles. The van der Waals surface area contributed by atoms with E-state index in [9.17, 15) is 18.3 Å². The topological polar surface area (TPSA) is 126 Å². The molecule has 2 saturated heterocycles. The van der Waals surface area contributed by atoms with Crippen LogP contribution in [0.15, 0.2) is 59.5 Å². The maximum absolute atomic E-state index is 14.0. The molecule has 7 unspecified atom stereocenters. The smallest absolute Gasteiger partial charge is 0.407 e. The number of nitrogens with zero attached hydrogens (tertiary/aromatic N) is 1. The van der Waals surface area contributed by atoms with E-state index in [2.05, 4.69) is 10.6 Å². The molecule has 0 spiro atoms. The first-order chi connectivity index (χ1) is 21.6. The first-order valence-corrected chi connectivity index (χ1v) is 17.7. The second-order valence-electron chi connectivity index (χ2n) is 13.8. The number of likely N-dealkylation sites (N-methyl/N-ethyl adjacent to an activating group) is 1. The van der Waals surface area contributed by atoms with Gasteiger partial charge < -0.3 is 30.0 Å². The van der Waals surface area contributed by atoms with Crippen molar-refractivity contribution >= 4 is 16.1 Å². The summed E-state index contributed by atoms with van der Waals surface area (Å²) in [5.41, 5.74) is 2.11.